The average Bonchev–Trinajstić information content (AvgIpc) is 2.74. The summed E-state index contributed by atoms with van der Waals surface area (Å²) >= 11 is 7.66. The summed E-state index contributed by atoms with van der Waals surface area (Å²) in [5.74, 6) is 0. The first-order chi connectivity index (χ1) is 9.35. The van der Waals surface area contributed by atoms with E-state index >= 15 is 0 Å². The number of thiazole rings is 1. The molecule has 0 aliphatic heterocycles. The van der Waals surface area contributed by atoms with E-state index in [9.17, 15) is 8.42 Å². The van der Waals surface area contributed by atoms with Gasteiger partial charge in [0.05, 0.1) is 40.4 Å². The smallest absolute Gasteiger partial charge is 0.229 e. The van der Waals surface area contributed by atoms with Crippen LogP contribution >= 0.6 is 22.9 Å². The van der Waals surface area contributed by atoms with Crippen molar-refractivity contribution in [2.24, 2.45) is 0 Å². The largest absolute Gasteiger partial charge is 0.379 e. The van der Waals surface area contributed by atoms with Crippen LogP contribution < -0.4 is 10.0 Å². The summed E-state index contributed by atoms with van der Waals surface area (Å²) in [6.45, 7) is 2.54. The topological polar surface area (TPSA) is 71.1 Å². The first-order valence-corrected chi connectivity index (χ1v) is 8.90. The standard InChI is InChI=1S/C12H14ClN3O2S2/c1-8-12(19-7-15-8)6-14-11-5-9(3-4-10(11)13)16-20(2,17)18/h3-5,7,14,16H,6H2,1-2H3. The SMILES string of the molecule is Cc1ncsc1CNc1cc(NS(C)(=O)=O)ccc1Cl. The fourth-order valence-electron chi connectivity index (χ4n) is 1.61. The fraction of sp³-hybridized carbons (Fsp3) is 0.250. The third kappa shape index (κ3) is 4.09. The van der Waals surface area contributed by atoms with E-state index in [1.54, 1.807) is 35.0 Å². The van der Waals surface area contributed by atoms with Gasteiger partial charge in [0.25, 0.3) is 0 Å². The first kappa shape index (κ1) is 15.1. The number of rotatable bonds is 5. The van der Waals surface area contributed by atoms with E-state index in [1.165, 1.54) is 0 Å². The van der Waals surface area contributed by atoms with Gasteiger partial charge in [-0.2, -0.15) is 0 Å². The maximum absolute atomic E-state index is 11.2. The molecule has 0 unspecified atom stereocenters. The molecule has 0 spiro atoms. The Balaban J connectivity index is 2.15. The summed E-state index contributed by atoms with van der Waals surface area (Å²) in [6.07, 6.45) is 1.11. The number of aromatic nitrogens is 1. The molecular weight excluding hydrogens is 318 g/mol. The summed E-state index contributed by atoms with van der Waals surface area (Å²) in [5, 5.41) is 3.72. The molecule has 0 bridgehead atoms. The second kappa shape index (κ2) is 5.99. The maximum atomic E-state index is 11.2. The van der Waals surface area contributed by atoms with Crippen LogP contribution in [0.3, 0.4) is 0 Å². The van der Waals surface area contributed by atoms with Gasteiger partial charge >= 0.3 is 0 Å². The Morgan fingerprint density at radius 3 is 2.75 bits per heavy atom. The van der Waals surface area contributed by atoms with Crippen molar-refractivity contribution in [3.63, 3.8) is 0 Å². The molecule has 0 fully saturated rings. The van der Waals surface area contributed by atoms with Gasteiger partial charge in [0.1, 0.15) is 0 Å². The molecule has 20 heavy (non-hydrogen) atoms. The Labute approximate surface area is 127 Å². The summed E-state index contributed by atoms with van der Waals surface area (Å²) < 4.78 is 24.8. The summed E-state index contributed by atoms with van der Waals surface area (Å²) in [5.41, 5.74) is 3.91. The second-order valence-corrected chi connectivity index (χ2v) is 7.38. The Morgan fingerprint density at radius 1 is 1.40 bits per heavy atom. The van der Waals surface area contributed by atoms with Crippen LogP contribution in [0.4, 0.5) is 11.4 Å². The van der Waals surface area contributed by atoms with Crippen LogP contribution in [0.1, 0.15) is 10.6 Å². The number of hydrogen-bond donors (Lipinski definition) is 2. The molecule has 0 atom stereocenters. The number of benzene rings is 1. The van der Waals surface area contributed by atoms with Crippen molar-refractivity contribution in [3.05, 3.63) is 39.3 Å². The van der Waals surface area contributed by atoms with Crippen LogP contribution in [-0.2, 0) is 16.6 Å². The van der Waals surface area contributed by atoms with Crippen molar-refractivity contribution in [2.75, 3.05) is 16.3 Å². The van der Waals surface area contributed by atoms with Gasteiger partial charge < -0.3 is 5.32 Å². The van der Waals surface area contributed by atoms with Crippen molar-refractivity contribution in [3.8, 4) is 0 Å². The van der Waals surface area contributed by atoms with E-state index in [1.807, 2.05) is 6.92 Å². The lowest BCUT2D eigenvalue weighted by atomic mass is 10.2. The quantitative estimate of drug-likeness (QED) is 0.883. The molecule has 0 aliphatic carbocycles. The summed E-state index contributed by atoms with van der Waals surface area (Å²) in [4.78, 5) is 5.28. The Morgan fingerprint density at radius 2 is 2.15 bits per heavy atom. The highest BCUT2D eigenvalue weighted by molar-refractivity contribution is 7.92. The average molecular weight is 332 g/mol. The molecule has 0 aliphatic rings. The highest BCUT2D eigenvalue weighted by Gasteiger charge is 2.07. The van der Waals surface area contributed by atoms with E-state index in [4.69, 9.17) is 11.6 Å². The molecule has 2 rings (SSSR count). The molecule has 0 radical (unpaired) electrons. The maximum Gasteiger partial charge on any atom is 0.229 e. The van der Waals surface area contributed by atoms with Gasteiger partial charge in [-0.15, -0.1) is 11.3 Å². The first-order valence-electron chi connectivity index (χ1n) is 5.75. The number of sulfonamides is 1. The predicted octanol–water partition coefficient (Wildman–Crippen LogP) is 3.09. The highest BCUT2D eigenvalue weighted by atomic mass is 35.5. The van der Waals surface area contributed by atoms with Crippen molar-refractivity contribution in [1.29, 1.82) is 0 Å². The lowest BCUT2D eigenvalue weighted by molar-refractivity contribution is 0.607. The minimum absolute atomic E-state index is 0.473. The van der Waals surface area contributed by atoms with Gasteiger partial charge in [0.15, 0.2) is 0 Å². The molecule has 1 aromatic carbocycles. The number of aryl methyl sites for hydroxylation is 1. The van der Waals surface area contributed by atoms with E-state index in [2.05, 4.69) is 15.0 Å². The molecule has 2 N–H and O–H groups in total. The van der Waals surface area contributed by atoms with Gasteiger partial charge in [0, 0.05) is 4.88 Å². The lowest BCUT2D eigenvalue weighted by Crippen LogP contribution is -2.10. The molecule has 8 heteroatoms. The third-order valence-electron chi connectivity index (χ3n) is 2.55. The van der Waals surface area contributed by atoms with Crippen molar-refractivity contribution in [2.45, 2.75) is 13.5 Å². The van der Waals surface area contributed by atoms with E-state index in [-0.39, 0.29) is 0 Å². The van der Waals surface area contributed by atoms with Crippen LogP contribution in [0.15, 0.2) is 23.7 Å². The van der Waals surface area contributed by atoms with Gasteiger partial charge in [-0.05, 0) is 25.1 Å². The zero-order valence-electron chi connectivity index (χ0n) is 11.0. The van der Waals surface area contributed by atoms with Crippen LogP contribution in [0.25, 0.3) is 0 Å². The van der Waals surface area contributed by atoms with Crippen molar-refractivity contribution >= 4 is 44.3 Å². The predicted molar refractivity (Wildman–Crippen MR) is 84.1 cm³/mol. The van der Waals surface area contributed by atoms with Crippen LogP contribution in [0.5, 0.6) is 0 Å². The van der Waals surface area contributed by atoms with Crippen LogP contribution in [0.2, 0.25) is 5.02 Å². The van der Waals surface area contributed by atoms with Crippen LogP contribution in [-0.4, -0.2) is 19.7 Å². The van der Waals surface area contributed by atoms with E-state index < -0.39 is 10.0 Å². The van der Waals surface area contributed by atoms with Gasteiger partial charge in [0.2, 0.25) is 10.0 Å². The Bertz CT molecular complexity index is 713. The van der Waals surface area contributed by atoms with Crippen LogP contribution in [0, 0.1) is 6.92 Å². The second-order valence-electron chi connectivity index (χ2n) is 4.28. The summed E-state index contributed by atoms with van der Waals surface area (Å²) in [6, 6.07) is 4.93. The molecule has 2 aromatic rings. The monoisotopic (exact) mass is 331 g/mol. The van der Waals surface area contributed by atoms with Gasteiger partial charge in [-0.25, -0.2) is 13.4 Å². The minimum Gasteiger partial charge on any atom is -0.379 e. The number of hydrogen-bond acceptors (Lipinski definition) is 5. The lowest BCUT2D eigenvalue weighted by Gasteiger charge is -2.10. The molecule has 108 valence electrons. The zero-order valence-corrected chi connectivity index (χ0v) is 13.4. The molecule has 0 saturated heterocycles. The normalized spacial score (nSPS) is 11.3. The van der Waals surface area contributed by atoms with E-state index in [0.29, 0.717) is 22.9 Å². The van der Waals surface area contributed by atoms with Gasteiger partial charge in [-0.1, -0.05) is 11.6 Å². The van der Waals surface area contributed by atoms with Gasteiger partial charge in [-0.3, -0.25) is 4.72 Å². The Kier molecular flexibility index (Phi) is 4.52. The fourth-order valence-corrected chi connectivity index (χ4v) is 3.07. The number of nitrogens with one attached hydrogen (secondary N) is 2. The highest BCUT2D eigenvalue weighted by Crippen LogP contribution is 2.27. The molecule has 1 aromatic heterocycles. The molecule has 5 nitrogen and oxygen atoms in total. The minimum atomic E-state index is -3.30. The summed E-state index contributed by atoms with van der Waals surface area (Å²) in [7, 11) is -3.30. The molecule has 1 heterocycles. The number of nitrogens with zero attached hydrogens (tertiary/aromatic N) is 1. The zero-order chi connectivity index (χ0) is 14.8. The molecule has 0 amide bonds. The van der Waals surface area contributed by atoms with E-state index in [0.717, 1.165) is 16.8 Å². The van der Waals surface area contributed by atoms with Crippen molar-refractivity contribution < 1.29 is 8.42 Å². The third-order valence-corrected chi connectivity index (χ3v) is 4.43. The number of anilines is 2. The number of halogens is 1. The Hall–Kier alpha value is -1.31. The van der Waals surface area contributed by atoms with Crippen molar-refractivity contribution in [1.82, 2.24) is 4.98 Å². The molecular formula is C12H14ClN3O2S2. The molecule has 0 saturated carbocycles.